The van der Waals surface area contributed by atoms with Gasteiger partial charge in [0.05, 0.1) is 11.4 Å². The number of nitrogens with zero attached hydrogens (tertiary/aromatic N) is 2. The molecule has 0 aliphatic heterocycles. The van der Waals surface area contributed by atoms with Crippen LogP contribution in [0.15, 0.2) is 194 Å². The largest absolute Gasteiger partial charge is 0.309 e. The van der Waals surface area contributed by atoms with Crippen LogP contribution in [0, 0.1) is 6.92 Å². The second-order valence-electron chi connectivity index (χ2n) is 16.1. The molecule has 10 rings (SSSR count). The van der Waals surface area contributed by atoms with E-state index in [1.54, 1.807) is 0 Å². The Hall–Kier alpha value is -6.90. The number of anilines is 6. The van der Waals surface area contributed by atoms with E-state index in [1.165, 1.54) is 77.1 Å². The zero-order valence-corrected chi connectivity index (χ0v) is 33.6. The van der Waals surface area contributed by atoms with Crippen molar-refractivity contribution in [1.29, 1.82) is 0 Å². The van der Waals surface area contributed by atoms with Crippen LogP contribution in [-0.4, -0.2) is 0 Å². The van der Waals surface area contributed by atoms with Gasteiger partial charge in [-0.3, -0.25) is 0 Å². The van der Waals surface area contributed by atoms with Gasteiger partial charge in [-0.05, 0) is 119 Å². The van der Waals surface area contributed by atoms with Crippen molar-refractivity contribution in [3.63, 3.8) is 0 Å². The van der Waals surface area contributed by atoms with Gasteiger partial charge in [0.25, 0.3) is 0 Å². The second-order valence-corrected chi connectivity index (χ2v) is 16.1. The molecule has 0 aromatic heterocycles. The number of fused-ring (bicyclic) bond motifs is 4. The third-order valence-electron chi connectivity index (χ3n) is 12.4. The van der Waals surface area contributed by atoms with Gasteiger partial charge in [-0.25, -0.2) is 0 Å². The smallest absolute Gasteiger partial charge is 0.0625 e. The highest BCUT2D eigenvalue weighted by Gasteiger charge is 2.39. The Labute approximate surface area is 342 Å². The molecule has 280 valence electrons. The number of hydrogen-bond donors (Lipinski definition) is 0. The van der Waals surface area contributed by atoms with E-state index in [0.29, 0.717) is 0 Å². The summed E-state index contributed by atoms with van der Waals surface area (Å²) >= 11 is 0. The van der Waals surface area contributed by atoms with Crippen LogP contribution in [-0.2, 0) is 5.41 Å². The van der Waals surface area contributed by atoms with Gasteiger partial charge in [0, 0.05) is 49.4 Å². The number of benzene rings is 8. The minimum atomic E-state index is -0.126. The minimum absolute atomic E-state index is 0.126. The fraction of sp³-hybridized carbons (Fsp3) is 0.107. The quantitative estimate of drug-likeness (QED) is 0.150. The van der Waals surface area contributed by atoms with Crippen LogP contribution in [0.5, 0.6) is 0 Å². The van der Waals surface area contributed by atoms with Crippen LogP contribution in [0.1, 0.15) is 43.9 Å². The fourth-order valence-corrected chi connectivity index (χ4v) is 9.77. The monoisotopic (exact) mass is 746 g/mol. The fourth-order valence-electron chi connectivity index (χ4n) is 9.77. The molecule has 8 aromatic carbocycles. The predicted octanol–water partition coefficient (Wildman–Crippen LogP) is 13.9. The number of aryl methyl sites for hydroxylation is 1. The van der Waals surface area contributed by atoms with E-state index < -0.39 is 0 Å². The first-order valence-electron chi connectivity index (χ1n) is 20.4. The molecule has 0 spiro atoms. The van der Waals surface area contributed by atoms with Gasteiger partial charge in [0.15, 0.2) is 0 Å². The van der Waals surface area contributed by atoms with E-state index >= 15 is 0 Å². The highest BCUT2D eigenvalue weighted by molar-refractivity contribution is 6.14. The molecule has 0 saturated heterocycles. The van der Waals surface area contributed by atoms with Gasteiger partial charge in [0.1, 0.15) is 0 Å². The van der Waals surface area contributed by atoms with Crippen LogP contribution >= 0.6 is 0 Å². The average Bonchev–Trinajstić information content (AvgIpc) is 3.38. The zero-order valence-electron chi connectivity index (χ0n) is 33.6. The van der Waals surface area contributed by atoms with E-state index in [0.717, 1.165) is 29.2 Å². The lowest BCUT2D eigenvalue weighted by Crippen LogP contribution is -2.37. The lowest BCUT2D eigenvalue weighted by Gasteiger charge is -2.33. The SMILES string of the molecule is CC1=c2c(N(c3ccccc3)c3ccccc3)c3c(C)cc(-c4ccccc4)cc3c(N(c3ccccc3)c3ccccc3)c2=CCC2=C1c1ccccc1C2(C)C. The van der Waals surface area contributed by atoms with Gasteiger partial charge in [-0.2, -0.15) is 0 Å². The molecule has 0 N–H and O–H groups in total. The Bertz CT molecular complexity index is 2900. The van der Waals surface area contributed by atoms with Crippen molar-refractivity contribution in [2.75, 3.05) is 9.80 Å². The average molecular weight is 747 g/mol. The van der Waals surface area contributed by atoms with Crippen molar-refractivity contribution < 1.29 is 0 Å². The molecule has 0 atom stereocenters. The molecule has 0 unspecified atom stereocenters. The number of rotatable bonds is 7. The summed E-state index contributed by atoms with van der Waals surface area (Å²) in [6, 6.07) is 68.5. The van der Waals surface area contributed by atoms with Crippen LogP contribution in [0.3, 0.4) is 0 Å². The maximum Gasteiger partial charge on any atom is 0.0625 e. The maximum absolute atomic E-state index is 2.56. The van der Waals surface area contributed by atoms with Gasteiger partial charge < -0.3 is 9.80 Å². The Morgan fingerprint density at radius 3 is 1.48 bits per heavy atom. The van der Waals surface area contributed by atoms with Crippen molar-refractivity contribution in [2.45, 2.75) is 39.5 Å². The van der Waals surface area contributed by atoms with E-state index in [9.17, 15) is 0 Å². The van der Waals surface area contributed by atoms with Crippen LogP contribution in [0.4, 0.5) is 34.1 Å². The number of allylic oxidation sites excluding steroid dienone is 2. The maximum atomic E-state index is 2.56. The normalized spacial score (nSPS) is 14.0. The molecular formula is C56H46N2. The first-order valence-corrected chi connectivity index (χ1v) is 20.4. The molecule has 0 amide bonds. The van der Waals surface area contributed by atoms with Crippen molar-refractivity contribution in [1.82, 2.24) is 0 Å². The summed E-state index contributed by atoms with van der Waals surface area (Å²) < 4.78 is 0. The van der Waals surface area contributed by atoms with E-state index in [4.69, 9.17) is 0 Å². The summed E-state index contributed by atoms with van der Waals surface area (Å²) in [6.45, 7) is 9.54. The molecule has 2 nitrogen and oxygen atoms in total. The molecule has 0 fully saturated rings. The Morgan fingerprint density at radius 1 is 0.483 bits per heavy atom. The van der Waals surface area contributed by atoms with Crippen molar-refractivity contribution >= 4 is 62.1 Å². The second kappa shape index (κ2) is 14.2. The molecule has 2 aliphatic rings. The van der Waals surface area contributed by atoms with Crippen molar-refractivity contribution in [3.8, 4) is 11.1 Å². The van der Waals surface area contributed by atoms with Gasteiger partial charge in [-0.1, -0.05) is 153 Å². The molecule has 0 heterocycles. The van der Waals surface area contributed by atoms with Crippen molar-refractivity contribution in [2.24, 2.45) is 0 Å². The molecule has 0 saturated carbocycles. The Kier molecular flexibility index (Phi) is 8.72. The summed E-state index contributed by atoms with van der Waals surface area (Å²) in [5.41, 5.74) is 17.3. The Morgan fingerprint density at radius 2 is 0.948 bits per heavy atom. The lowest BCUT2D eigenvalue weighted by molar-refractivity contribution is 0.629. The topological polar surface area (TPSA) is 6.48 Å². The molecule has 58 heavy (non-hydrogen) atoms. The Balaban J connectivity index is 1.47. The molecule has 0 radical (unpaired) electrons. The first kappa shape index (κ1) is 35.5. The van der Waals surface area contributed by atoms with Gasteiger partial charge >= 0.3 is 0 Å². The van der Waals surface area contributed by atoms with Crippen LogP contribution in [0.25, 0.3) is 39.1 Å². The molecule has 0 bridgehead atoms. The number of hydrogen-bond acceptors (Lipinski definition) is 2. The molecule has 2 aliphatic carbocycles. The predicted molar refractivity (Wildman–Crippen MR) is 247 cm³/mol. The summed E-state index contributed by atoms with van der Waals surface area (Å²) in [4.78, 5) is 5.03. The summed E-state index contributed by atoms with van der Waals surface area (Å²) in [5, 5.41) is 4.96. The van der Waals surface area contributed by atoms with E-state index in [-0.39, 0.29) is 5.41 Å². The van der Waals surface area contributed by atoms with Crippen molar-refractivity contribution in [3.05, 3.63) is 221 Å². The lowest BCUT2D eigenvalue weighted by atomic mass is 9.80. The summed E-state index contributed by atoms with van der Waals surface area (Å²) in [5.74, 6) is 0. The first-order chi connectivity index (χ1) is 28.4. The highest BCUT2D eigenvalue weighted by atomic mass is 15.2. The number of para-hydroxylation sites is 4. The van der Waals surface area contributed by atoms with Crippen LogP contribution < -0.4 is 20.2 Å². The zero-order chi connectivity index (χ0) is 39.4. The minimum Gasteiger partial charge on any atom is -0.309 e. The highest BCUT2D eigenvalue weighted by Crippen LogP contribution is 2.52. The van der Waals surface area contributed by atoms with E-state index in [2.05, 4.69) is 232 Å². The third-order valence-corrected chi connectivity index (χ3v) is 12.4. The molecular weight excluding hydrogens is 701 g/mol. The summed E-state index contributed by atoms with van der Waals surface area (Å²) in [6.07, 6.45) is 3.40. The van der Waals surface area contributed by atoms with Crippen LogP contribution in [0.2, 0.25) is 0 Å². The molecule has 2 heteroatoms. The molecule has 8 aromatic rings. The third kappa shape index (κ3) is 5.71. The summed E-state index contributed by atoms with van der Waals surface area (Å²) in [7, 11) is 0. The van der Waals surface area contributed by atoms with Gasteiger partial charge in [0.2, 0.25) is 0 Å². The standard InChI is InChI=1S/C56H46N2/c1-38-36-41(40-22-10-5-11-23-40)37-48-51(38)55(58(44-28-16-8-17-29-44)45-30-18-9-19-31-45)53-39(2)52-46-32-20-21-33-49(46)56(3,4)50(52)35-34-47(53)54(48)57(42-24-12-6-13-25-42)43-26-14-7-15-27-43/h5-34,36-37H,35H2,1-4H3. The van der Waals surface area contributed by atoms with Gasteiger partial charge in [-0.15, -0.1) is 0 Å². The van der Waals surface area contributed by atoms with E-state index in [1.807, 2.05) is 0 Å².